The molecule has 0 saturated heterocycles. The number of nitrogens with zero attached hydrogens (tertiary/aromatic N) is 3. The van der Waals surface area contributed by atoms with Crippen LogP contribution < -0.4 is 0 Å². The molecule has 0 spiro atoms. The number of carbonyl (C=O) groups is 1. The summed E-state index contributed by atoms with van der Waals surface area (Å²) in [6, 6.07) is 0. The van der Waals surface area contributed by atoms with Crippen LogP contribution in [0, 0.1) is 52.8 Å². The van der Waals surface area contributed by atoms with Gasteiger partial charge in [-0.1, -0.05) is 18.8 Å². The van der Waals surface area contributed by atoms with Gasteiger partial charge in [-0.3, -0.25) is 4.79 Å². The summed E-state index contributed by atoms with van der Waals surface area (Å²) in [5.74, 6) is 9.86. The van der Waals surface area contributed by atoms with Crippen molar-refractivity contribution in [3.05, 3.63) is 12.4 Å². The molecule has 0 bridgehead atoms. The maximum atomic E-state index is 13.2. The molecule has 4 aliphatic carbocycles. The van der Waals surface area contributed by atoms with Crippen LogP contribution in [0.15, 0.2) is 12.4 Å². The highest BCUT2D eigenvalue weighted by molar-refractivity contribution is 5.81. The molecule has 4 fully saturated rings. The molecule has 5 rings (SSSR count). The fraction of sp³-hybridized carbons (Fsp3) is 0.808. The lowest BCUT2D eigenvalue weighted by atomic mass is 9.49. The Balaban J connectivity index is 1.27. The number of aliphatic hydroxyl groups excluding tert-OH is 1. The number of aromatic nitrogens is 3. The first-order chi connectivity index (χ1) is 15.4. The molecule has 174 valence electrons. The van der Waals surface area contributed by atoms with Gasteiger partial charge in [-0.05, 0) is 92.8 Å². The van der Waals surface area contributed by atoms with Crippen molar-refractivity contribution in [1.29, 1.82) is 0 Å². The summed E-state index contributed by atoms with van der Waals surface area (Å²) in [5, 5.41) is 28.3. The number of carbonyl (C=O) groups excluding carboxylic acids is 1. The van der Waals surface area contributed by atoms with Crippen LogP contribution in [0.5, 0.6) is 0 Å². The second kappa shape index (κ2) is 8.57. The number of hydrogen-bond donors (Lipinski definition) is 2. The van der Waals surface area contributed by atoms with E-state index in [1.165, 1.54) is 30.5 Å². The molecule has 1 heterocycles. The lowest BCUT2D eigenvalue weighted by Gasteiger charge is -2.56. The maximum Gasteiger partial charge on any atom is 0.159 e. The fourth-order valence-corrected chi connectivity index (χ4v) is 8.38. The zero-order valence-corrected chi connectivity index (χ0v) is 19.2. The second-order valence-electron chi connectivity index (χ2n) is 11.2. The quantitative estimate of drug-likeness (QED) is 0.703. The lowest BCUT2D eigenvalue weighted by Crippen LogP contribution is -2.51. The van der Waals surface area contributed by atoms with Gasteiger partial charge >= 0.3 is 0 Å². The Morgan fingerprint density at radius 1 is 1.06 bits per heavy atom. The molecule has 6 heteroatoms. The standard InChI is InChI=1S/C26H37N3O3/c1-25-11-8-20-19-9-12-26(32,10-2-3-15-30)16-18(19)4-5-21(20)22(25)6-7-23(25)24(31)17-29-27-13-14-28-29/h13-14,18-23,30,32H,3-9,11-12,15-17H2,1H3/t18-,19+,20-,21-,22+,23-,25+,26-/m1/s1. The molecular weight excluding hydrogens is 402 g/mol. The van der Waals surface area contributed by atoms with Gasteiger partial charge in [0, 0.05) is 12.3 Å². The molecule has 0 unspecified atom stereocenters. The van der Waals surface area contributed by atoms with Gasteiger partial charge in [-0.25, -0.2) is 0 Å². The van der Waals surface area contributed by atoms with E-state index in [4.69, 9.17) is 5.11 Å². The zero-order valence-electron chi connectivity index (χ0n) is 19.2. The Morgan fingerprint density at radius 3 is 2.62 bits per heavy atom. The van der Waals surface area contributed by atoms with E-state index in [1.807, 2.05) is 0 Å². The summed E-state index contributed by atoms with van der Waals surface area (Å²) in [6.07, 6.45) is 13.3. The molecule has 0 aromatic carbocycles. The van der Waals surface area contributed by atoms with Crippen LogP contribution in [0.1, 0.15) is 71.1 Å². The summed E-state index contributed by atoms with van der Waals surface area (Å²) in [6.45, 7) is 2.75. The molecule has 6 nitrogen and oxygen atoms in total. The van der Waals surface area contributed by atoms with Gasteiger partial charge in [0.25, 0.3) is 0 Å². The Bertz CT molecular complexity index is 890. The van der Waals surface area contributed by atoms with E-state index in [2.05, 4.69) is 29.0 Å². The third-order valence-electron chi connectivity index (χ3n) is 9.72. The molecule has 4 aliphatic rings. The summed E-state index contributed by atoms with van der Waals surface area (Å²) in [5.41, 5.74) is -0.749. The number of rotatable bonds is 4. The molecule has 1 aromatic rings. The molecule has 0 amide bonds. The molecule has 2 N–H and O–H groups in total. The number of ketones is 1. The smallest absolute Gasteiger partial charge is 0.159 e. The van der Waals surface area contributed by atoms with Crippen LogP contribution >= 0.6 is 0 Å². The van der Waals surface area contributed by atoms with Gasteiger partial charge in [-0.15, -0.1) is 0 Å². The second-order valence-corrected chi connectivity index (χ2v) is 11.2. The van der Waals surface area contributed by atoms with Crippen LogP contribution in [-0.4, -0.2) is 43.2 Å². The van der Waals surface area contributed by atoms with E-state index in [0.29, 0.717) is 36.5 Å². The Kier molecular flexibility index (Phi) is 5.92. The summed E-state index contributed by atoms with van der Waals surface area (Å²) in [4.78, 5) is 14.7. The molecule has 4 saturated carbocycles. The minimum atomic E-state index is -0.863. The van der Waals surface area contributed by atoms with E-state index in [9.17, 15) is 9.90 Å². The van der Waals surface area contributed by atoms with Crippen molar-refractivity contribution in [2.24, 2.45) is 40.9 Å². The Labute approximate surface area is 191 Å². The highest BCUT2D eigenvalue weighted by Gasteiger charge is 2.58. The van der Waals surface area contributed by atoms with Gasteiger partial charge in [-0.2, -0.15) is 15.0 Å². The van der Waals surface area contributed by atoms with E-state index in [0.717, 1.165) is 43.9 Å². The topological polar surface area (TPSA) is 88.2 Å². The van der Waals surface area contributed by atoms with Gasteiger partial charge in [0.1, 0.15) is 12.1 Å². The lowest BCUT2D eigenvalue weighted by molar-refractivity contribution is -0.132. The first-order valence-corrected chi connectivity index (χ1v) is 12.6. The van der Waals surface area contributed by atoms with Crippen molar-refractivity contribution in [2.75, 3.05) is 6.61 Å². The number of fused-ring (bicyclic) bond motifs is 5. The maximum absolute atomic E-state index is 13.2. The average molecular weight is 440 g/mol. The first kappa shape index (κ1) is 22.1. The molecule has 1 aromatic heterocycles. The monoisotopic (exact) mass is 439 g/mol. The summed E-state index contributed by atoms with van der Waals surface area (Å²) < 4.78 is 0. The normalized spacial score (nSPS) is 42.8. The number of Topliss-reactive ketones (excluding diaryl/α,β-unsaturated/α-hetero) is 1. The first-order valence-electron chi connectivity index (χ1n) is 12.6. The van der Waals surface area contributed by atoms with Crippen molar-refractivity contribution in [2.45, 2.75) is 83.3 Å². The third-order valence-corrected chi connectivity index (χ3v) is 9.72. The van der Waals surface area contributed by atoms with Crippen molar-refractivity contribution in [1.82, 2.24) is 15.0 Å². The zero-order chi connectivity index (χ0) is 22.3. The van der Waals surface area contributed by atoms with E-state index < -0.39 is 5.60 Å². The van der Waals surface area contributed by atoms with Crippen molar-refractivity contribution < 1.29 is 15.0 Å². The van der Waals surface area contributed by atoms with Gasteiger partial charge in [0.15, 0.2) is 5.78 Å². The highest BCUT2D eigenvalue weighted by Crippen LogP contribution is 2.64. The van der Waals surface area contributed by atoms with Crippen LogP contribution in [0.4, 0.5) is 0 Å². The molecule has 0 radical (unpaired) electrons. The minimum absolute atomic E-state index is 0.0565. The van der Waals surface area contributed by atoms with Gasteiger partial charge < -0.3 is 10.2 Å². The number of aliphatic hydroxyl groups is 2. The predicted molar refractivity (Wildman–Crippen MR) is 120 cm³/mol. The average Bonchev–Trinajstić information content (AvgIpc) is 3.40. The highest BCUT2D eigenvalue weighted by atomic mass is 16.3. The van der Waals surface area contributed by atoms with E-state index in [-0.39, 0.29) is 17.9 Å². The van der Waals surface area contributed by atoms with Crippen LogP contribution in [-0.2, 0) is 11.3 Å². The summed E-state index contributed by atoms with van der Waals surface area (Å²) in [7, 11) is 0. The molecule has 0 aliphatic heterocycles. The van der Waals surface area contributed by atoms with Crippen molar-refractivity contribution >= 4 is 5.78 Å². The largest absolute Gasteiger partial charge is 0.395 e. The minimum Gasteiger partial charge on any atom is -0.395 e. The number of hydrogen-bond acceptors (Lipinski definition) is 5. The van der Waals surface area contributed by atoms with Crippen LogP contribution in [0.2, 0.25) is 0 Å². The molecule has 8 atom stereocenters. The van der Waals surface area contributed by atoms with E-state index in [1.54, 1.807) is 12.4 Å². The predicted octanol–water partition coefficient (Wildman–Crippen LogP) is 3.23. The van der Waals surface area contributed by atoms with Gasteiger partial charge in [0.2, 0.25) is 0 Å². The molecule has 32 heavy (non-hydrogen) atoms. The Morgan fingerprint density at radius 2 is 1.84 bits per heavy atom. The van der Waals surface area contributed by atoms with Crippen molar-refractivity contribution in [3.8, 4) is 11.8 Å². The van der Waals surface area contributed by atoms with Gasteiger partial charge in [0.05, 0.1) is 19.0 Å². The SMILES string of the molecule is C[C@]12CC[C@H]3[C@@H](CC[C@@H]4C[C@@](O)(C#CCCO)CC[C@@H]43)[C@@H]1CC[C@@H]2C(=O)Cn1nccn1. The Hall–Kier alpha value is -1.71. The molecular formula is C26H37N3O3. The fourth-order valence-electron chi connectivity index (χ4n) is 8.38. The van der Waals surface area contributed by atoms with Crippen molar-refractivity contribution in [3.63, 3.8) is 0 Å². The van der Waals surface area contributed by atoms with Crippen LogP contribution in [0.3, 0.4) is 0 Å². The van der Waals surface area contributed by atoms with Crippen LogP contribution in [0.25, 0.3) is 0 Å². The van der Waals surface area contributed by atoms with E-state index >= 15 is 0 Å². The third kappa shape index (κ3) is 3.82. The summed E-state index contributed by atoms with van der Waals surface area (Å²) >= 11 is 0.